The van der Waals surface area contributed by atoms with Gasteiger partial charge in [0.05, 0.1) is 11.0 Å². The van der Waals surface area contributed by atoms with Crippen molar-refractivity contribution in [3.63, 3.8) is 0 Å². The van der Waals surface area contributed by atoms with Crippen LogP contribution in [0.4, 0.5) is 0 Å². The standard InChI is InChI=1S/C25H42N2S/c1-2-3-4-5-6-7-8-9-10-11-12-13-14-15-16-19-22-28-25-26-23-20-17-18-21-24(23)27-25/h17-18,20-21H,2-16,19,22H2,1H3,(H,26,27). The van der Waals surface area contributed by atoms with Gasteiger partial charge in [0.2, 0.25) is 0 Å². The van der Waals surface area contributed by atoms with Crippen molar-refractivity contribution in [3.05, 3.63) is 24.3 Å². The van der Waals surface area contributed by atoms with Gasteiger partial charge in [-0.25, -0.2) is 4.98 Å². The number of hydrogen-bond donors (Lipinski definition) is 1. The molecule has 0 fully saturated rings. The molecule has 0 atom stereocenters. The molecule has 0 aliphatic heterocycles. The van der Waals surface area contributed by atoms with Gasteiger partial charge in [0.1, 0.15) is 0 Å². The number of hydrogen-bond acceptors (Lipinski definition) is 2. The van der Waals surface area contributed by atoms with E-state index in [2.05, 4.69) is 35.1 Å². The zero-order valence-corrected chi connectivity index (χ0v) is 19.0. The molecule has 0 radical (unpaired) electrons. The number of rotatable bonds is 18. The van der Waals surface area contributed by atoms with E-state index in [1.165, 1.54) is 108 Å². The first kappa shape index (κ1) is 23.3. The largest absolute Gasteiger partial charge is 0.333 e. The summed E-state index contributed by atoms with van der Waals surface area (Å²) in [4.78, 5) is 8.03. The Balaban J connectivity index is 1.30. The Morgan fingerprint density at radius 2 is 1.18 bits per heavy atom. The molecule has 28 heavy (non-hydrogen) atoms. The zero-order chi connectivity index (χ0) is 19.7. The lowest BCUT2D eigenvalue weighted by Crippen LogP contribution is -1.85. The zero-order valence-electron chi connectivity index (χ0n) is 18.2. The van der Waals surface area contributed by atoms with Gasteiger partial charge < -0.3 is 4.98 Å². The fourth-order valence-electron chi connectivity index (χ4n) is 3.82. The van der Waals surface area contributed by atoms with E-state index in [-0.39, 0.29) is 0 Å². The second-order valence-corrected chi connectivity index (χ2v) is 9.29. The molecule has 1 heterocycles. The Hall–Kier alpha value is -0.960. The number of aromatic nitrogens is 2. The molecular weight excluding hydrogens is 360 g/mol. The van der Waals surface area contributed by atoms with Crippen LogP contribution in [0, 0.1) is 0 Å². The first-order chi connectivity index (χ1) is 13.9. The van der Waals surface area contributed by atoms with Crippen molar-refractivity contribution in [2.75, 3.05) is 5.75 Å². The summed E-state index contributed by atoms with van der Waals surface area (Å²) in [6.07, 6.45) is 22.9. The molecule has 3 heteroatoms. The number of para-hydroxylation sites is 2. The molecule has 1 N–H and O–H groups in total. The van der Waals surface area contributed by atoms with Crippen molar-refractivity contribution in [2.45, 2.75) is 115 Å². The fraction of sp³-hybridized carbons (Fsp3) is 0.720. The fourth-order valence-corrected chi connectivity index (χ4v) is 4.70. The smallest absolute Gasteiger partial charge is 0.166 e. The van der Waals surface area contributed by atoms with Gasteiger partial charge in [0, 0.05) is 5.75 Å². The molecule has 0 amide bonds. The normalized spacial score (nSPS) is 11.5. The van der Waals surface area contributed by atoms with Crippen molar-refractivity contribution >= 4 is 22.8 Å². The van der Waals surface area contributed by atoms with Crippen LogP contribution in [0.3, 0.4) is 0 Å². The minimum absolute atomic E-state index is 1.07. The van der Waals surface area contributed by atoms with E-state index in [4.69, 9.17) is 0 Å². The molecule has 2 nitrogen and oxygen atoms in total. The molecule has 0 bridgehead atoms. The Morgan fingerprint density at radius 3 is 1.71 bits per heavy atom. The number of fused-ring (bicyclic) bond motifs is 1. The monoisotopic (exact) mass is 402 g/mol. The summed E-state index contributed by atoms with van der Waals surface area (Å²) in [5.41, 5.74) is 2.23. The molecule has 2 aromatic rings. The summed E-state index contributed by atoms with van der Waals surface area (Å²) in [5, 5.41) is 1.07. The first-order valence-corrected chi connectivity index (χ1v) is 13.0. The molecule has 0 spiro atoms. The van der Waals surface area contributed by atoms with Crippen molar-refractivity contribution in [1.29, 1.82) is 0 Å². The summed E-state index contributed by atoms with van der Waals surface area (Å²) in [6.45, 7) is 2.29. The van der Waals surface area contributed by atoms with E-state index >= 15 is 0 Å². The van der Waals surface area contributed by atoms with Crippen molar-refractivity contribution in [3.8, 4) is 0 Å². The third-order valence-electron chi connectivity index (χ3n) is 5.60. The molecule has 0 saturated heterocycles. The van der Waals surface area contributed by atoms with Gasteiger partial charge >= 0.3 is 0 Å². The van der Waals surface area contributed by atoms with E-state index < -0.39 is 0 Å². The molecule has 1 aromatic heterocycles. The lowest BCUT2D eigenvalue weighted by atomic mass is 10.0. The summed E-state index contributed by atoms with van der Waals surface area (Å²) in [5.74, 6) is 1.18. The lowest BCUT2D eigenvalue weighted by Gasteiger charge is -2.03. The maximum absolute atomic E-state index is 4.63. The van der Waals surface area contributed by atoms with E-state index in [0.717, 1.165) is 16.2 Å². The molecular formula is C25H42N2S. The maximum Gasteiger partial charge on any atom is 0.166 e. The van der Waals surface area contributed by atoms with E-state index in [0.29, 0.717) is 0 Å². The second kappa shape index (κ2) is 15.9. The van der Waals surface area contributed by atoms with Gasteiger partial charge in [0.25, 0.3) is 0 Å². The van der Waals surface area contributed by atoms with Crippen LogP contribution in [0.5, 0.6) is 0 Å². The molecule has 158 valence electrons. The maximum atomic E-state index is 4.63. The van der Waals surface area contributed by atoms with Gasteiger partial charge in [-0.05, 0) is 18.6 Å². The first-order valence-electron chi connectivity index (χ1n) is 12.0. The van der Waals surface area contributed by atoms with Crippen LogP contribution in [0.25, 0.3) is 11.0 Å². The average Bonchev–Trinajstić information content (AvgIpc) is 3.13. The Bertz CT molecular complexity index is 574. The van der Waals surface area contributed by atoms with E-state index in [1.807, 2.05) is 17.8 Å². The SMILES string of the molecule is CCCCCCCCCCCCCCCCCCSc1nc2ccccc2[nH]1. The van der Waals surface area contributed by atoms with Crippen LogP contribution in [-0.2, 0) is 0 Å². The predicted molar refractivity (Wildman–Crippen MR) is 126 cm³/mol. The Labute approximate surface area is 177 Å². The average molecular weight is 403 g/mol. The third-order valence-corrected chi connectivity index (χ3v) is 6.56. The highest BCUT2D eigenvalue weighted by Crippen LogP contribution is 2.21. The second-order valence-electron chi connectivity index (χ2n) is 8.21. The van der Waals surface area contributed by atoms with Crippen LogP contribution < -0.4 is 0 Å². The lowest BCUT2D eigenvalue weighted by molar-refractivity contribution is 0.531. The quantitative estimate of drug-likeness (QED) is 0.199. The number of nitrogens with one attached hydrogen (secondary N) is 1. The molecule has 2 rings (SSSR count). The van der Waals surface area contributed by atoms with Crippen molar-refractivity contribution < 1.29 is 0 Å². The van der Waals surface area contributed by atoms with Crippen LogP contribution in [0.15, 0.2) is 29.4 Å². The number of imidazole rings is 1. The van der Waals surface area contributed by atoms with Crippen LogP contribution in [0.1, 0.15) is 110 Å². The molecule has 1 aromatic carbocycles. The third kappa shape index (κ3) is 10.5. The molecule has 0 aliphatic carbocycles. The number of benzene rings is 1. The molecule has 0 saturated carbocycles. The predicted octanol–water partition coefficient (Wildman–Crippen LogP) is 8.92. The summed E-state index contributed by atoms with van der Waals surface area (Å²) < 4.78 is 0. The number of H-pyrrole nitrogens is 1. The Kier molecular flexibility index (Phi) is 13.2. The minimum atomic E-state index is 1.07. The minimum Gasteiger partial charge on any atom is -0.333 e. The Morgan fingerprint density at radius 1 is 0.679 bits per heavy atom. The number of aromatic amines is 1. The van der Waals surface area contributed by atoms with Crippen LogP contribution in [-0.4, -0.2) is 15.7 Å². The van der Waals surface area contributed by atoms with Crippen LogP contribution >= 0.6 is 11.8 Å². The number of unbranched alkanes of at least 4 members (excludes halogenated alkanes) is 15. The van der Waals surface area contributed by atoms with E-state index in [1.54, 1.807) is 0 Å². The molecule has 0 aliphatic rings. The topological polar surface area (TPSA) is 28.7 Å². The highest BCUT2D eigenvalue weighted by molar-refractivity contribution is 7.99. The van der Waals surface area contributed by atoms with Crippen LogP contribution in [0.2, 0.25) is 0 Å². The summed E-state index contributed by atoms with van der Waals surface area (Å²) >= 11 is 1.87. The number of nitrogens with zero attached hydrogens (tertiary/aromatic N) is 1. The van der Waals surface area contributed by atoms with Gasteiger partial charge in [-0.3, -0.25) is 0 Å². The van der Waals surface area contributed by atoms with E-state index in [9.17, 15) is 0 Å². The summed E-state index contributed by atoms with van der Waals surface area (Å²) in [6, 6.07) is 8.28. The highest BCUT2D eigenvalue weighted by Gasteiger charge is 2.02. The highest BCUT2D eigenvalue weighted by atomic mass is 32.2. The van der Waals surface area contributed by atoms with Gasteiger partial charge in [-0.2, -0.15) is 0 Å². The van der Waals surface area contributed by atoms with Gasteiger partial charge in [-0.1, -0.05) is 127 Å². The number of thioether (sulfide) groups is 1. The van der Waals surface area contributed by atoms with Gasteiger partial charge in [-0.15, -0.1) is 0 Å². The van der Waals surface area contributed by atoms with Crippen molar-refractivity contribution in [1.82, 2.24) is 9.97 Å². The van der Waals surface area contributed by atoms with Crippen molar-refractivity contribution in [2.24, 2.45) is 0 Å². The summed E-state index contributed by atoms with van der Waals surface area (Å²) in [7, 11) is 0. The molecule has 0 unspecified atom stereocenters. The van der Waals surface area contributed by atoms with Gasteiger partial charge in [0.15, 0.2) is 5.16 Å².